The van der Waals surface area contributed by atoms with Gasteiger partial charge in [-0.15, -0.1) is 0 Å². The molecular formula is C33H22N5O5P3. The fourth-order valence-electron chi connectivity index (χ4n) is 6.00. The molecule has 10 nitrogen and oxygen atoms in total. The zero-order valence-electron chi connectivity index (χ0n) is 23.8. The highest BCUT2D eigenvalue weighted by molar-refractivity contribution is 7.90. The molecule has 0 amide bonds. The van der Waals surface area contributed by atoms with E-state index in [0.29, 0.717) is 28.7 Å². The maximum absolute atomic E-state index is 6.89. The normalized spacial score (nSPS) is 20.0. The Morgan fingerprint density at radius 2 is 0.957 bits per heavy atom. The first-order chi connectivity index (χ1) is 22.6. The molecule has 1 aromatic heterocycles. The molecule has 6 aromatic rings. The molecular weight excluding hydrogens is 639 g/mol. The molecule has 0 N–H and O–H groups in total. The summed E-state index contributed by atoms with van der Waals surface area (Å²) in [4.78, 5) is 5.32. The van der Waals surface area contributed by atoms with Crippen LogP contribution in [0.3, 0.4) is 0 Å². The summed E-state index contributed by atoms with van der Waals surface area (Å²) in [6, 6.07) is 40.8. The van der Waals surface area contributed by atoms with Crippen molar-refractivity contribution in [3.63, 3.8) is 0 Å². The number of nitrogens with zero attached hydrogens (tertiary/aromatic N) is 5. The van der Waals surface area contributed by atoms with Crippen LogP contribution in [-0.2, 0) is 0 Å². The number of hydrogen-bond donors (Lipinski definition) is 0. The summed E-state index contributed by atoms with van der Waals surface area (Å²) in [6.07, 6.45) is 1.72. The van der Waals surface area contributed by atoms with Gasteiger partial charge in [-0.25, -0.2) is 4.45 Å². The van der Waals surface area contributed by atoms with Crippen LogP contribution in [0.2, 0.25) is 0 Å². The molecule has 13 heteroatoms. The first-order valence-electron chi connectivity index (χ1n) is 14.5. The van der Waals surface area contributed by atoms with Crippen molar-refractivity contribution in [1.82, 2.24) is 9.55 Å². The molecule has 0 fully saturated rings. The van der Waals surface area contributed by atoms with Crippen molar-refractivity contribution < 1.29 is 22.6 Å². The summed E-state index contributed by atoms with van der Waals surface area (Å²) in [5.41, 5.74) is 5.10. The molecule has 0 radical (unpaired) electrons. The van der Waals surface area contributed by atoms with Crippen molar-refractivity contribution in [3.8, 4) is 62.3 Å². The van der Waals surface area contributed by atoms with E-state index in [1.807, 2.05) is 127 Å². The van der Waals surface area contributed by atoms with Gasteiger partial charge < -0.3 is 18.4 Å². The highest BCUT2D eigenvalue weighted by Gasteiger charge is 2.59. The molecule has 0 aliphatic carbocycles. The van der Waals surface area contributed by atoms with Gasteiger partial charge in [-0.3, -0.25) is 9.05 Å². The molecule has 224 valence electrons. The third-order valence-electron chi connectivity index (χ3n) is 7.94. The molecule has 0 saturated heterocycles. The molecule has 4 aliphatic rings. The zero-order chi connectivity index (χ0) is 30.3. The number of fused-ring (bicyclic) bond motifs is 10. The number of para-hydroxylation sites is 5. The fourth-order valence-corrected chi connectivity index (χ4v) is 15.9. The average molecular weight is 661 g/mol. The third kappa shape index (κ3) is 3.88. The van der Waals surface area contributed by atoms with Gasteiger partial charge in [0.15, 0.2) is 11.5 Å². The number of benzene rings is 5. The van der Waals surface area contributed by atoms with E-state index in [0.717, 1.165) is 33.5 Å². The Hall–Kier alpha value is -4.84. The highest BCUT2D eigenvalue weighted by atomic mass is 31.3. The van der Waals surface area contributed by atoms with E-state index in [9.17, 15) is 0 Å². The second-order valence-electron chi connectivity index (χ2n) is 10.8. The topological polar surface area (TPSA) is 103 Å². The molecule has 0 unspecified atom stereocenters. The van der Waals surface area contributed by atoms with Crippen LogP contribution in [0.4, 0.5) is 0 Å². The lowest BCUT2D eigenvalue weighted by atomic mass is 10.0. The summed E-state index contributed by atoms with van der Waals surface area (Å²) in [7, 11) is -11.0. The Bertz CT molecular complexity index is 2260. The smallest absolute Gasteiger partial charge is 0.453 e. The number of hydrogen-bond acceptors (Lipinski definition) is 8. The molecule has 1 atom stereocenters. The monoisotopic (exact) mass is 661 g/mol. The number of rotatable bonds is 0. The molecule has 10 rings (SSSR count). The van der Waals surface area contributed by atoms with Gasteiger partial charge in [0.1, 0.15) is 17.2 Å². The lowest BCUT2D eigenvalue weighted by Crippen LogP contribution is -2.18. The first kappa shape index (κ1) is 26.4. The van der Waals surface area contributed by atoms with E-state index in [1.165, 1.54) is 0 Å². The Morgan fingerprint density at radius 3 is 1.52 bits per heavy atom. The van der Waals surface area contributed by atoms with Gasteiger partial charge in [-0.05, 0) is 47.0 Å². The maximum Gasteiger partial charge on any atom is 0.627 e. The molecule has 5 heterocycles. The molecule has 0 bridgehead atoms. The van der Waals surface area contributed by atoms with Crippen molar-refractivity contribution in [1.29, 1.82) is 0 Å². The molecule has 46 heavy (non-hydrogen) atoms. The van der Waals surface area contributed by atoms with Crippen molar-refractivity contribution in [2.75, 3.05) is 0 Å². The molecule has 3 spiro atoms. The van der Waals surface area contributed by atoms with Crippen molar-refractivity contribution >= 4 is 23.3 Å². The van der Waals surface area contributed by atoms with Crippen LogP contribution in [0, 0.1) is 0 Å². The van der Waals surface area contributed by atoms with Gasteiger partial charge in [0.2, 0.25) is 7.58 Å². The fraction of sp³-hybridized carbons (Fsp3) is 0. The van der Waals surface area contributed by atoms with E-state index in [1.54, 1.807) is 10.6 Å². The highest BCUT2D eigenvalue weighted by Crippen LogP contribution is 2.89. The van der Waals surface area contributed by atoms with Crippen LogP contribution in [-0.4, -0.2) is 9.55 Å². The Kier molecular flexibility index (Phi) is 5.50. The second kappa shape index (κ2) is 9.58. The van der Waals surface area contributed by atoms with Gasteiger partial charge >= 0.3 is 8.02 Å². The summed E-state index contributed by atoms with van der Waals surface area (Å²) in [5.74, 6) is 2.89. The predicted molar refractivity (Wildman–Crippen MR) is 179 cm³/mol. The molecule has 0 saturated carbocycles. The van der Waals surface area contributed by atoms with Crippen molar-refractivity contribution in [3.05, 3.63) is 138 Å². The van der Waals surface area contributed by atoms with Crippen molar-refractivity contribution in [2.24, 2.45) is 9.03 Å². The van der Waals surface area contributed by atoms with Crippen LogP contribution in [0.5, 0.6) is 28.7 Å². The number of aromatic nitrogens is 2. The predicted octanol–water partition coefficient (Wildman–Crippen LogP) is 11.0. The van der Waals surface area contributed by atoms with E-state index < -0.39 is 23.3 Å². The first-order valence-corrected chi connectivity index (χ1v) is 19.1. The molecule has 4 aliphatic heterocycles. The minimum absolute atomic E-state index is 0.570. The largest absolute Gasteiger partial charge is 0.627 e. The van der Waals surface area contributed by atoms with Gasteiger partial charge in [0.25, 0.3) is 7.66 Å². The summed E-state index contributed by atoms with van der Waals surface area (Å²) >= 11 is 0. The van der Waals surface area contributed by atoms with E-state index in [2.05, 4.69) is 0 Å². The van der Waals surface area contributed by atoms with Gasteiger partial charge in [-0.1, -0.05) is 84.9 Å². The summed E-state index contributed by atoms with van der Waals surface area (Å²) in [5, 5.41) is 4.74. The standard InChI is InChI=1S/C33H22N5O5P3/c1-6-16-29-23(11-1)24-12-2-7-17-30(24)41-45(40-29)35-44(38-28(21-22-34-38)27-15-5-10-20-33(27)39-44)36-46(37-45)42-31-18-8-3-13-25(31)26-14-4-9-19-32(26)43-46/h1-22H. The van der Waals surface area contributed by atoms with Crippen LogP contribution >= 0.6 is 23.3 Å². The van der Waals surface area contributed by atoms with E-state index >= 15 is 0 Å². The Morgan fingerprint density at radius 1 is 0.500 bits per heavy atom. The van der Waals surface area contributed by atoms with Gasteiger partial charge in [0.05, 0.1) is 11.9 Å². The van der Waals surface area contributed by atoms with Crippen molar-refractivity contribution in [2.45, 2.75) is 0 Å². The lowest BCUT2D eigenvalue weighted by molar-refractivity contribution is 0.460. The quantitative estimate of drug-likeness (QED) is 0.150. The minimum atomic E-state index is -3.73. The second-order valence-corrected chi connectivity index (χ2v) is 17.2. The molecule has 5 aromatic carbocycles. The summed E-state index contributed by atoms with van der Waals surface area (Å²) < 4.78 is 46.7. The lowest BCUT2D eigenvalue weighted by Gasteiger charge is -2.46. The minimum Gasteiger partial charge on any atom is -0.453 e. The van der Waals surface area contributed by atoms with Crippen LogP contribution in [0.25, 0.3) is 38.4 Å². The van der Waals surface area contributed by atoms with Crippen LogP contribution in [0.1, 0.15) is 0 Å². The van der Waals surface area contributed by atoms with Gasteiger partial charge in [0, 0.05) is 32.3 Å². The van der Waals surface area contributed by atoms with Crippen LogP contribution < -0.4 is 22.6 Å². The van der Waals surface area contributed by atoms with E-state index in [-0.39, 0.29) is 0 Å². The van der Waals surface area contributed by atoms with Crippen LogP contribution in [0.15, 0.2) is 143 Å². The summed E-state index contributed by atoms with van der Waals surface area (Å²) in [6.45, 7) is 0. The Labute approximate surface area is 264 Å². The SMILES string of the molecule is c1ccc2c(c1)OP1(=N[P+]3(N=[P@]4([N-]1)Oc1ccccc1-c1ccnn14)Oc1ccccc1-c1ccccc1O3)Oc1ccccc1-2. The maximum atomic E-state index is 6.89. The Balaban J connectivity index is 1.29. The zero-order valence-corrected chi connectivity index (χ0v) is 26.5. The van der Waals surface area contributed by atoms with Gasteiger partial charge in [-0.2, -0.15) is 5.10 Å². The van der Waals surface area contributed by atoms with E-state index in [4.69, 9.17) is 41.6 Å². The third-order valence-corrected chi connectivity index (χ3v) is 16.4. The average Bonchev–Trinajstić information content (AvgIpc) is 3.48.